The lowest BCUT2D eigenvalue weighted by Crippen LogP contribution is -3.10. The number of hydrogen-bond donors (Lipinski definition) is 3. The van der Waals surface area contributed by atoms with Gasteiger partial charge in [-0.25, -0.2) is 0 Å². The van der Waals surface area contributed by atoms with Crippen molar-refractivity contribution in [1.29, 1.82) is 0 Å². The lowest BCUT2D eigenvalue weighted by Gasteiger charge is -2.12. The normalized spacial score (nSPS) is 14.3. The maximum atomic E-state index is 12.9. The molecule has 0 radical (unpaired) electrons. The Bertz CT molecular complexity index is 1180. The highest BCUT2D eigenvalue weighted by Crippen LogP contribution is 2.16. The van der Waals surface area contributed by atoms with E-state index in [4.69, 9.17) is 12.2 Å². The number of likely N-dealkylation sites (tertiary alicyclic amines) is 1. The minimum atomic E-state index is -0.138. The summed E-state index contributed by atoms with van der Waals surface area (Å²) in [5.41, 5.74) is 2.10. The summed E-state index contributed by atoms with van der Waals surface area (Å²) in [6.07, 6.45) is 2.57. The number of carbonyl (C=O) groups is 1. The molecule has 2 aromatic carbocycles. The molecule has 1 aliphatic heterocycles. The average molecular weight is 488 g/mol. The molecule has 8 heteroatoms. The molecule has 4 rings (SSSR count). The molecule has 156 valence electrons. The van der Waals surface area contributed by atoms with Crippen LogP contribution in [0.3, 0.4) is 0 Å². The Morgan fingerprint density at radius 3 is 2.63 bits per heavy atom. The zero-order chi connectivity index (χ0) is 21.1. The zero-order valence-electron chi connectivity index (χ0n) is 16.5. The van der Waals surface area contributed by atoms with Gasteiger partial charge in [0.1, 0.15) is 0 Å². The van der Waals surface area contributed by atoms with Crippen LogP contribution in [0.4, 0.5) is 0 Å². The number of H-pyrrole nitrogens is 1. The third kappa shape index (κ3) is 4.71. The van der Waals surface area contributed by atoms with Crippen LogP contribution >= 0.6 is 28.1 Å². The van der Waals surface area contributed by atoms with Crippen molar-refractivity contribution in [2.75, 3.05) is 26.2 Å². The number of aromatic nitrogens is 2. The number of rotatable bonds is 6. The zero-order valence-corrected chi connectivity index (χ0v) is 18.9. The van der Waals surface area contributed by atoms with Crippen molar-refractivity contribution < 1.29 is 9.69 Å². The summed E-state index contributed by atoms with van der Waals surface area (Å²) in [7, 11) is 0. The van der Waals surface area contributed by atoms with E-state index in [-0.39, 0.29) is 11.5 Å². The first kappa shape index (κ1) is 21.0. The van der Waals surface area contributed by atoms with Gasteiger partial charge in [-0.15, -0.1) is 0 Å². The minimum absolute atomic E-state index is 0.0647. The Morgan fingerprint density at radius 2 is 1.90 bits per heavy atom. The fourth-order valence-corrected chi connectivity index (χ4v) is 4.51. The molecule has 1 fully saturated rings. The quantitative estimate of drug-likeness (QED) is 0.467. The fourth-order valence-electron chi connectivity index (χ4n) is 3.89. The van der Waals surface area contributed by atoms with E-state index in [0.29, 0.717) is 34.3 Å². The molecule has 1 aliphatic rings. The van der Waals surface area contributed by atoms with Gasteiger partial charge in [0.05, 0.1) is 43.6 Å². The van der Waals surface area contributed by atoms with Gasteiger partial charge in [0.15, 0.2) is 4.77 Å². The number of halogens is 1. The van der Waals surface area contributed by atoms with Gasteiger partial charge in [-0.1, -0.05) is 28.1 Å². The highest BCUT2D eigenvalue weighted by atomic mass is 79.9. The van der Waals surface area contributed by atoms with E-state index < -0.39 is 0 Å². The fraction of sp³-hybridized carbons (Fsp3) is 0.318. The molecule has 2 heterocycles. The second-order valence-electron chi connectivity index (χ2n) is 7.67. The van der Waals surface area contributed by atoms with E-state index in [2.05, 4.69) is 26.2 Å². The lowest BCUT2D eigenvalue weighted by atomic mass is 10.1. The molecule has 1 aromatic heterocycles. The number of hydrogen-bond acceptors (Lipinski definition) is 3. The predicted molar refractivity (Wildman–Crippen MR) is 124 cm³/mol. The number of fused-ring (bicyclic) bond motifs is 1. The highest BCUT2D eigenvalue weighted by Gasteiger charge is 2.15. The van der Waals surface area contributed by atoms with Crippen molar-refractivity contribution in [3.8, 4) is 0 Å². The van der Waals surface area contributed by atoms with Crippen molar-refractivity contribution in [2.24, 2.45) is 0 Å². The first-order valence-corrected chi connectivity index (χ1v) is 11.3. The molecule has 0 bridgehead atoms. The predicted octanol–water partition coefficient (Wildman–Crippen LogP) is 2.28. The second kappa shape index (κ2) is 9.24. The molecule has 3 N–H and O–H groups in total. The number of amides is 1. The van der Waals surface area contributed by atoms with Crippen LogP contribution in [0.15, 0.2) is 51.7 Å². The Labute approximate surface area is 188 Å². The smallest absolute Gasteiger partial charge is 0.262 e. The molecule has 0 atom stereocenters. The molecular formula is C22H24BrN4O2S+. The third-order valence-electron chi connectivity index (χ3n) is 5.58. The van der Waals surface area contributed by atoms with E-state index in [1.165, 1.54) is 30.5 Å². The van der Waals surface area contributed by atoms with Crippen LogP contribution in [0.1, 0.15) is 28.8 Å². The Morgan fingerprint density at radius 1 is 1.17 bits per heavy atom. The van der Waals surface area contributed by atoms with Gasteiger partial charge >= 0.3 is 0 Å². The van der Waals surface area contributed by atoms with Crippen molar-refractivity contribution in [3.63, 3.8) is 0 Å². The molecule has 0 spiro atoms. The first-order valence-electron chi connectivity index (χ1n) is 10.1. The molecule has 30 heavy (non-hydrogen) atoms. The second-order valence-corrected chi connectivity index (χ2v) is 8.97. The number of quaternary nitrogens is 1. The number of carbonyl (C=O) groups excluding carboxylic acids is 1. The molecule has 3 aromatic rings. The molecule has 0 unspecified atom stereocenters. The summed E-state index contributed by atoms with van der Waals surface area (Å²) >= 11 is 8.80. The van der Waals surface area contributed by atoms with Gasteiger partial charge in [0, 0.05) is 22.9 Å². The van der Waals surface area contributed by atoms with Crippen molar-refractivity contribution in [1.82, 2.24) is 14.9 Å². The number of benzene rings is 2. The van der Waals surface area contributed by atoms with Gasteiger partial charge in [-0.2, -0.15) is 0 Å². The van der Waals surface area contributed by atoms with Gasteiger partial charge < -0.3 is 15.2 Å². The standard InChI is InChI=1S/C22H23BrN4O2S/c23-17-7-8-19-18(13-17)21(29)27(22(30)25-19)14-15-3-5-16(6-4-15)20(28)24-9-12-26-10-1-2-11-26/h3-8,13H,1-2,9-12,14H2,(H,24,28)(H,25,30)/p+1. The first-order chi connectivity index (χ1) is 14.5. The van der Waals surface area contributed by atoms with E-state index in [1.54, 1.807) is 23.1 Å². The van der Waals surface area contributed by atoms with Crippen LogP contribution in [-0.2, 0) is 6.54 Å². The molecular weight excluding hydrogens is 464 g/mol. The van der Waals surface area contributed by atoms with Gasteiger partial charge in [0.2, 0.25) is 0 Å². The van der Waals surface area contributed by atoms with Crippen LogP contribution in [0.25, 0.3) is 10.9 Å². The van der Waals surface area contributed by atoms with Crippen molar-refractivity contribution in [2.45, 2.75) is 19.4 Å². The monoisotopic (exact) mass is 487 g/mol. The SMILES string of the molecule is O=C(NCC[NH+]1CCCC1)c1ccc(Cn2c(=S)[nH]c3ccc(Br)cc3c2=O)cc1. The lowest BCUT2D eigenvalue weighted by molar-refractivity contribution is -0.886. The van der Waals surface area contributed by atoms with Gasteiger partial charge in [-0.05, 0) is 48.1 Å². The average Bonchev–Trinajstić information content (AvgIpc) is 3.26. The van der Waals surface area contributed by atoms with Gasteiger partial charge in [0.25, 0.3) is 11.5 Å². The highest BCUT2D eigenvalue weighted by molar-refractivity contribution is 9.10. The Hall–Kier alpha value is -2.29. The largest absolute Gasteiger partial charge is 0.346 e. The van der Waals surface area contributed by atoms with E-state index >= 15 is 0 Å². The molecule has 6 nitrogen and oxygen atoms in total. The van der Waals surface area contributed by atoms with Crippen LogP contribution in [0.2, 0.25) is 0 Å². The summed E-state index contributed by atoms with van der Waals surface area (Å²) in [4.78, 5) is 29.9. The van der Waals surface area contributed by atoms with Crippen molar-refractivity contribution in [3.05, 3.63) is 73.2 Å². The molecule has 0 saturated carbocycles. The number of nitrogens with one attached hydrogen (secondary N) is 3. The minimum Gasteiger partial charge on any atom is -0.346 e. The third-order valence-corrected chi connectivity index (χ3v) is 6.39. The van der Waals surface area contributed by atoms with Crippen LogP contribution < -0.4 is 15.8 Å². The summed E-state index contributed by atoms with van der Waals surface area (Å²) < 4.78 is 2.75. The van der Waals surface area contributed by atoms with Gasteiger partial charge in [-0.3, -0.25) is 14.2 Å². The van der Waals surface area contributed by atoms with Crippen molar-refractivity contribution >= 4 is 45.0 Å². The Kier molecular flexibility index (Phi) is 6.46. The maximum Gasteiger partial charge on any atom is 0.262 e. The van der Waals surface area contributed by atoms with Crippen LogP contribution in [-0.4, -0.2) is 41.6 Å². The van der Waals surface area contributed by atoms with E-state index in [1.807, 2.05) is 24.3 Å². The molecule has 1 amide bonds. The Balaban J connectivity index is 1.45. The maximum absolute atomic E-state index is 12.9. The van der Waals surface area contributed by atoms with Crippen LogP contribution in [0, 0.1) is 4.77 Å². The summed E-state index contributed by atoms with van der Waals surface area (Å²) in [6.45, 7) is 4.42. The summed E-state index contributed by atoms with van der Waals surface area (Å²) in [6, 6.07) is 12.8. The number of nitrogens with zero attached hydrogens (tertiary/aromatic N) is 1. The van der Waals surface area contributed by atoms with Crippen LogP contribution in [0.5, 0.6) is 0 Å². The molecule has 1 saturated heterocycles. The molecule has 0 aliphatic carbocycles. The van der Waals surface area contributed by atoms with E-state index in [9.17, 15) is 9.59 Å². The van der Waals surface area contributed by atoms with E-state index in [0.717, 1.165) is 16.6 Å². The topological polar surface area (TPSA) is 71.3 Å². The summed E-state index contributed by atoms with van der Waals surface area (Å²) in [5, 5.41) is 3.58. The summed E-state index contributed by atoms with van der Waals surface area (Å²) in [5.74, 6) is -0.0647. The number of aromatic amines is 1.